The Morgan fingerprint density at radius 3 is 2.62 bits per heavy atom. The molecule has 1 N–H and O–H groups in total. The van der Waals surface area contributed by atoms with Crippen LogP contribution in [0.2, 0.25) is 0 Å². The molecule has 0 unspecified atom stereocenters. The lowest BCUT2D eigenvalue weighted by Gasteiger charge is -2.12. The van der Waals surface area contributed by atoms with Crippen LogP contribution in [0.3, 0.4) is 0 Å². The molecule has 1 aliphatic rings. The molecule has 34 heavy (non-hydrogen) atoms. The van der Waals surface area contributed by atoms with Crippen molar-refractivity contribution in [2.45, 2.75) is 13.3 Å². The Kier molecular flexibility index (Phi) is 6.60. The molecule has 0 bridgehead atoms. The number of anilines is 1. The van der Waals surface area contributed by atoms with Crippen molar-refractivity contribution in [1.82, 2.24) is 4.90 Å². The second-order valence-electron chi connectivity index (χ2n) is 7.38. The summed E-state index contributed by atoms with van der Waals surface area (Å²) in [7, 11) is 0. The van der Waals surface area contributed by atoms with E-state index >= 15 is 0 Å². The van der Waals surface area contributed by atoms with Gasteiger partial charge in [0.25, 0.3) is 16.8 Å². The van der Waals surface area contributed by atoms with Crippen LogP contribution in [0.4, 0.5) is 16.2 Å². The van der Waals surface area contributed by atoms with Crippen LogP contribution < -0.4 is 5.32 Å². The fourth-order valence-electron chi connectivity index (χ4n) is 3.29. The number of thioether (sulfide) groups is 1. The van der Waals surface area contributed by atoms with E-state index in [-0.39, 0.29) is 10.6 Å². The van der Waals surface area contributed by atoms with Gasteiger partial charge in [0.1, 0.15) is 18.1 Å². The van der Waals surface area contributed by atoms with E-state index in [1.807, 2.05) is 19.1 Å². The number of benzene rings is 2. The summed E-state index contributed by atoms with van der Waals surface area (Å²) < 4.78 is 5.69. The second-order valence-corrected chi connectivity index (χ2v) is 8.37. The smallest absolute Gasteiger partial charge is 0.294 e. The van der Waals surface area contributed by atoms with Gasteiger partial charge in [-0.15, -0.1) is 0 Å². The molecule has 1 aliphatic heterocycles. The number of nitro benzene ring substituents is 1. The van der Waals surface area contributed by atoms with Crippen molar-refractivity contribution in [2.24, 2.45) is 0 Å². The third-order valence-corrected chi connectivity index (χ3v) is 5.97. The molecule has 10 heteroatoms. The maximum absolute atomic E-state index is 12.7. The van der Waals surface area contributed by atoms with Crippen molar-refractivity contribution in [3.8, 4) is 11.3 Å². The molecule has 172 valence electrons. The summed E-state index contributed by atoms with van der Waals surface area (Å²) in [6.07, 6.45) is 2.28. The van der Waals surface area contributed by atoms with Crippen molar-refractivity contribution in [3.63, 3.8) is 0 Å². The van der Waals surface area contributed by atoms with E-state index in [0.29, 0.717) is 34.5 Å². The number of imide groups is 1. The zero-order valence-electron chi connectivity index (χ0n) is 18.0. The largest absolute Gasteiger partial charge is 0.457 e. The number of carbonyl (C=O) groups excluding carboxylic acids is 3. The number of rotatable bonds is 7. The van der Waals surface area contributed by atoms with Crippen LogP contribution in [0.15, 0.2) is 70.0 Å². The maximum Gasteiger partial charge on any atom is 0.294 e. The average molecular weight is 477 g/mol. The molecular weight excluding hydrogens is 458 g/mol. The number of aryl methyl sites for hydroxylation is 1. The highest BCUT2D eigenvalue weighted by Gasteiger charge is 2.36. The van der Waals surface area contributed by atoms with Crippen LogP contribution in [-0.4, -0.2) is 33.4 Å². The number of non-ortho nitro benzene ring substituents is 1. The Balaban J connectivity index is 1.44. The quantitative estimate of drug-likeness (QED) is 0.285. The summed E-state index contributed by atoms with van der Waals surface area (Å²) in [5.74, 6) is -0.409. The number of hydrogen-bond acceptors (Lipinski definition) is 7. The van der Waals surface area contributed by atoms with E-state index in [0.717, 1.165) is 16.9 Å². The predicted molar refractivity (Wildman–Crippen MR) is 128 cm³/mol. The topological polar surface area (TPSA) is 123 Å². The van der Waals surface area contributed by atoms with Crippen LogP contribution in [0.5, 0.6) is 0 Å². The van der Waals surface area contributed by atoms with E-state index in [4.69, 9.17) is 4.42 Å². The van der Waals surface area contributed by atoms with Crippen molar-refractivity contribution in [3.05, 3.63) is 87.0 Å². The average Bonchev–Trinajstić information content (AvgIpc) is 3.40. The monoisotopic (exact) mass is 477 g/mol. The first kappa shape index (κ1) is 23.0. The number of hydrogen-bond donors (Lipinski definition) is 1. The van der Waals surface area contributed by atoms with E-state index < -0.39 is 28.5 Å². The summed E-state index contributed by atoms with van der Waals surface area (Å²) in [6, 6.07) is 16.5. The number of carbonyl (C=O) groups is 3. The second kappa shape index (κ2) is 9.75. The molecular formula is C24H19N3O6S. The van der Waals surface area contributed by atoms with Crippen molar-refractivity contribution in [1.29, 1.82) is 0 Å². The first-order chi connectivity index (χ1) is 16.3. The SMILES string of the molecule is CCc1ccc(NC(=O)CN2C(=O)S/C(=C/c3ccc(-c4cccc([N+](=O)[O-])c4)o3)C2=O)cc1. The van der Waals surface area contributed by atoms with Crippen molar-refractivity contribution < 1.29 is 23.7 Å². The van der Waals surface area contributed by atoms with Gasteiger partial charge in [-0.1, -0.05) is 31.2 Å². The van der Waals surface area contributed by atoms with E-state index in [2.05, 4.69) is 5.32 Å². The maximum atomic E-state index is 12.7. The number of furan rings is 1. The van der Waals surface area contributed by atoms with Gasteiger partial charge < -0.3 is 9.73 Å². The predicted octanol–water partition coefficient (Wildman–Crippen LogP) is 5.09. The Labute approximate surface area is 198 Å². The molecule has 1 aromatic heterocycles. The standard InChI is InChI=1S/C24H19N3O6S/c1-2-15-6-8-17(9-7-15)25-22(28)14-26-23(29)21(34-24(26)30)13-19-10-11-20(33-19)16-4-3-5-18(12-16)27(31)32/h3-13H,2,14H2,1H3,(H,25,28)/b21-13+. The lowest BCUT2D eigenvalue weighted by Crippen LogP contribution is -2.36. The van der Waals surface area contributed by atoms with Crippen LogP contribution in [0.1, 0.15) is 18.2 Å². The first-order valence-corrected chi connectivity index (χ1v) is 11.1. The molecule has 2 heterocycles. The minimum Gasteiger partial charge on any atom is -0.457 e. The summed E-state index contributed by atoms with van der Waals surface area (Å²) in [4.78, 5) is 48.9. The van der Waals surface area contributed by atoms with Gasteiger partial charge >= 0.3 is 0 Å². The number of amides is 3. The molecule has 0 aliphatic carbocycles. The fraction of sp³-hybridized carbons (Fsp3) is 0.125. The van der Waals surface area contributed by atoms with Crippen molar-refractivity contribution >= 4 is 46.3 Å². The molecule has 1 saturated heterocycles. The van der Waals surface area contributed by atoms with E-state index in [9.17, 15) is 24.5 Å². The number of nitrogens with one attached hydrogen (secondary N) is 1. The molecule has 1 fully saturated rings. The van der Waals surface area contributed by atoms with Crippen LogP contribution in [-0.2, 0) is 16.0 Å². The first-order valence-electron chi connectivity index (χ1n) is 10.3. The van der Waals surface area contributed by atoms with Gasteiger partial charge in [0, 0.05) is 29.5 Å². The fourth-order valence-corrected chi connectivity index (χ4v) is 4.11. The lowest BCUT2D eigenvalue weighted by atomic mass is 10.1. The van der Waals surface area contributed by atoms with Gasteiger partial charge in [0.05, 0.1) is 9.83 Å². The highest BCUT2D eigenvalue weighted by molar-refractivity contribution is 8.18. The summed E-state index contributed by atoms with van der Waals surface area (Å²) in [5, 5.41) is 13.1. The molecule has 3 aromatic rings. The van der Waals surface area contributed by atoms with E-state index in [1.165, 1.54) is 18.2 Å². The van der Waals surface area contributed by atoms with Gasteiger partial charge in [-0.3, -0.25) is 29.4 Å². The van der Waals surface area contributed by atoms with Gasteiger partial charge in [0.15, 0.2) is 0 Å². The molecule has 0 atom stereocenters. The molecule has 0 saturated carbocycles. The van der Waals surface area contributed by atoms with Gasteiger partial charge in [-0.2, -0.15) is 0 Å². The van der Waals surface area contributed by atoms with Gasteiger partial charge in [-0.05, 0) is 48.0 Å². The highest BCUT2D eigenvalue weighted by Crippen LogP contribution is 2.33. The molecule has 0 spiro atoms. The van der Waals surface area contributed by atoms with E-state index in [1.54, 1.807) is 36.4 Å². The lowest BCUT2D eigenvalue weighted by molar-refractivity contribution is -0.384. The minimum atomic E-state index is -0.597. The molecule has 9 nitrogen and oxygen atoms in total. The normalized spacial score (nSPS) is 14.6. The van der Waals surface area contributed by atoms with Gasteiger partial charge in [0.2, 0.25) is 5.91 Å². The third kappa shape index (κ3) is 5.07. The van der Waals surface area contributed by atoms with Crippen molar-refractivity contribution in [2.75, 3.05) is 11.9 Å². The highest BCUT2D eigenvalue weighted by atomic mass is 32.2. The summed E-state index contributed by atoms with van der Waals surface area (Å²) in [5.41, 5.74) is 2.14. The zero-order chi connectivity index (χ0) is 24.2. The minimum absolute atomic E-state index is 0.0730. The molecule has 4 rings (SSSR count). The Morgan fingerprint density at radius 2 is 1.91 bits per heavy atom. The number of nitrogens with zero attached hydrogens (tertiary/aromatic N) is 2. The third-order valence-electron chi connectivity index (χ3n) is 5.06. The summed E-state index contributed by atoms with van der Waals surface area (Å²) in [6.45, 7) is 1.62. The number of nitro groups is 1. The van der Waals surface area contributed by atoms with Crippen LogP contribution >= 0.6 is 11.8 Å². The Bertz CT molecular complexity index is 1310. The Morgan fingerprint density at radius 1 is 1.15 bits per heavy atom. The molecule has 0 radical (unpaired) electrons. The molecule has 2 aromatic carbocycles. The van der Waals surface area contributed by atoms with Gasteiger partial charge in [-0.25, -0.2) is 0 Å². The zero-order valence-corrected chi connectivity index (χ0v) is 18.8. The summed E-state index contributed by atoms with van der Waals surface area (Å²) >= 11 is 0.711. The Hall–Kier alpha value is -4.18. The van der Waals surface area contributed by atoms with Crippen LogP contribution in [0.25, 0.3) is 17.4 Å². The molecule has 3 amide bonds. The van der Waals surface area contributed by atoms with Crippen LogP contribution in [0, 0.1) is 10.1 Å².